The molecule has 1 aliphatic rings. The molecule has 1 aromatic carbocycles. The Kier molecular flexibility index (Phi) is 4.19. The van der Waals surface area contributed by atoms with Gasteiger partial charge in [0.05, 0.1) is 16.8 Å². The Morgan fingerprint density at radius 3 is 2.86 bits per heavy atom. The highest BCUT2D eigenvalue weighted by molar-refractivity contribution is 6.31. The van der Waals surface area contributed by atoms with E-state index < -0.39 is 0 Å². The number of rotatable bonds is 5. The predicted octanol–water partition coefficient (Wildman–Crippen LogP) is 3.51. The summed E-state index contributed by atoms with van der Waals surface area (Å²) < 4.78 is 0. The van der Waals surface area contributed by atoms with Crippen molar-refractivity contribution >= 4 is 28.2 Å². The fourth-order valence-corrected chi connectivity index (χ4v) is 3.07. The minimum Gasteiger partial charge on any atom is -0.382 e. The van der Waals surface area contributed by atoms with Gasteiger partial charge < -0.3 is 10.2 Å². The van der Waals surface area contributed by atoms with Crippen LogP contribution in [-0.4, -0.2) is 36.6 Å². The van der Waals surface area contributed by atoms with Crippen LogP contribution in [0.3, 0.4) is 0 Å². The van der Waals surface area contributed by atoms with Gasteiger partial charge in [-0.2, -0.15) is 5.26 Å². The maximum Gasteiger partial charge on any atom is 0.103 e. The van der Waals surface area contributed by atoms with Gasteiger partial charge >= 0.3 is 0 Å². The Morgan fingerprint density at radius 2 is 2.23 bits per heavy atom. The fourth-order valence-electron chi connectivity index (χ4n) is 2.90. The van der Waals surface area contributed by atoms with E-state index in [0.29, 0.717) is 16.6 Å². The first-order chi connectivity index (χ1) is 10.6. The van der Waals surface area contributed by atoms with Gasteiger partial charge in [-0.3, -0.25) is 4.98 Å². The first kappa shape index (κ1) is 15.1. The van der Waals surface area contributed by atoms with E-state index in [1.54, 1.807) is 6.20 Å². The van der Waals surface area contributed by atoms with Crippen molar-refractivity contribution < 1.29 is 0 Å². The molecule has 5 heteroatoms. The lowest BCUT2D eigenvalue weighted by atomic mass is 10.1. The van der Waals surface area contributed by atoms with Crippen molar-refractivity contribution in [2.24, 2.45) is 5.92 Å². The van der Waals surface area contributed by atoms with E-state index in [1.807, 2.05) is 18.2 Å². The summed E-state index contributed by atoms with van der Waals surface area (Å²) in [4.78, 5) is 6.59. The van der Waals surface area contributed by atoms with Crippen LogP contribution in [0.1, 0.15) is 18.4 Å². The molecule has 1 unspecified atom stereocenters. The zero-order valence-corrected chi connectivity index (χ0v) is 13.6. The van der Waals surface area contributed by atoms with Crippen LogP contribution in [-0.2, 0) is 0 Å². The summed E-state index contributed by atoms with van der Waals surface area (Å²) in [7, 11) is 4.22. The molecule has 1 aliphatic carbocycles. The number of pyridine rings is 1. The number of hydrogen-bond donors (Lipinski definition) is 1. The first-order valence-electron chi connectivity index (χ1n) is 7.49. The number of aromatic nitrogens is 1. The van der Waals surface area contributed by atoms with E-state index in [4.69, 9.17) is 11.6 Å². The molecule has 0 spiro atoms. The van der Waals surface area contributed by atoms with Gasteiger partial charge in [-0.15, -0.1) is 0 Å². The van der Waals surface area contributed by atoms with Crippen LogP contribution in [0.15, 0.2) is 24.4 Å². The molecule has 0 radical (unpaired) electrons. The Hall–Kier alpha value is -1.83. The average molecular weight is 315 g/mol. The van der Waals surface area contributed by atoms with Gasteiger partial charge in [-0.05, 0) is 51.1 Å². The van der Waals surface area contributed by atoms with Gasteiger partial charge in [-0.25, -0.2) is 0 Å². The molecule has 1 atom stereocenters. The standard InChI is InChI=1S/C17H19ClN4/c1-22(2)16(11-3-4-11)10-21-17-12(8-19)9-20-15-6-5-13(18)7-14(15)17/h5-7,9,11,16H,3-4,10H2,1-2H3,(H,20,21). The molecule has 0 amide bonds. The highest BCUT2D eigenvalue weighted by atomic mass is 35.5. The second kappa shape index (κ2) is 6.12. The third kappa shape index (κ3) is 3.01. The fraction of sp³-hybridized carbons (Fsp3) is 0.412. The maximum atomic E-state index is 9.37. The van der Waals surface area contributed by atoms with Crippen molar-refractivity contribution in [1.29, 1.82) is 5.26 Å². The van der Waals surface area contributed by atoms with Gasteiger partial charge in [0.1, 0.15) is 6.07 Å². The highest BCUT2D eigenvalue weighted by Crippen LogP contribution is 2.35. The van der Waals surface area contributed by atoms with Crippen molar-refractivity contribution in [3.8, 4) is 6.07 Å². The summed E-state index contributed by atoms with van der Waals surface area (Å²) in [5.41, 5.74) is 2.24. The molecule has 1 fully saturated rings. The second-order valence-corrected chi connectivity index (χ2v) is 6.51. The van der Waals surface area contributed by atoms with E-state index in [2.05, 4.69) is 35.4 Å². The Morgan fingerprint density at radius 1 is 1.45 bits per heavy atom. The van der Waals surface area contributed by atoms with Gasteiger partial charge in [0.15, 0.2) is 0 Å². The third-order valence-corrected chi connectivity index (χ3v) is 4.50. The molecule has 114 valence electrons. The van der Waals surface area contributed by atoms with Crippen LogP contribution in [0.2, 0.25) is 5.02 Å². The quantitative estimate of drug-likeness (QED) is 0.917. The van der Waals surface area contributed by atoms with Crippen molar-refractivity contribution in [1.82, 2.24) is 9.88 Å². The normalized spacial score (nSPS) is 15.8. The molecule has 0 bridgehead atoms. The number of anilines is 1. The van der Waals surface area contributed by atoms with Crippen LogP contribution in [0.5, 0.6) is 0 Å². The van der Waals surface area contributed by atoms with Crippen LogP contribution < -0.4 is 5.32 Å². The molecule has 4 nitrogen and oxygen atoms in total. The first-order valence-corrected chi connectivity index (χ1v) is 7.86. The Bertz CT molecular complexity index is 729. The van der Waals surface area contributed by atoms with E-state index in [-0.39, 0.29) is 0 Å². The van der Waals surface area contributed by atoms with Crippen LogP contribution in [0.4, 0.5) is 5.69 Å². The van der Waals surface area contributed by atoms with Crippen LogP contribution in [0.25, 0.3) is 10.9 Å². The summed E-state index contributed by atoms with van der Waals surface area (Å²) in [5.74, 6) is 0.754. The van der Waals surface area contributed by atoms with Gasteiger partial charge in [-0.1, -0.05) is 11.6 Å². The number of halogens is 1. The van der Waals surface area contributed by atoms with Crippen molar-refractivity contribution in [3.05, 3.63) is 35.0 Å². The lowest BCUT2D eigenvalue weighted by Gasteiger charge is -2.25. The lowest BCUT2D eigenvalue weighted by Crippen LogP contribution is -2.36. The molecule has 1 N–H and O–H groups in total. The van der Waals surface area contributed by atoms with Gasteiger partial charge in [0.2, 0.25) is 0 Å². The number of nitriles is 1. The number of benzene rings is 1. The minimum absolute atomic E-state index is 0.481. The topological polar surface area (TPSA) is 52.0 Å². The monoisotopic (exact) mass is 314 g/mol. The van der Waals surface area contributed by atoms with E-state index in [0.717, 1.165) is 29.1 Å². The second-order valence-electron chi connectivity index (χ2n) is 6.07. The summed E-state index contributed by atoms with van der Waals surface area (Å²) in [5, 5.41) is 14.4. The van der Waals surface area contributed by atoms with Crippen molar-refractivity contribution in [3.63, 3.8) is 0 Å². The van der Waals surface area contributed by atoms with Gasteiger partial charge in [0, 0.05) is 29.2 Å². The number of nitrogens with one attached hydrogen (secondary N) is 1. The summed E-state index contributed by atoms with van der Waals surface area (Å²) in [6.45, 7) is 0.817. The molecule has 0 aliphatic heterocycles. The van der Waals surface area contributed by atoms with E-state index in [9.17, 15) is 5.26 Å². The number of fused-ring (bicyclic) bond motifs is 1. The van der Waals surface area contributed by atoms with Crippen molar-refractivity contribution in [2.45, 2.75) is 18.9 Å². The highest BCUT2D eigenvalue weighted by Gasteiger charge is 2.32. The lowest BCUT2D eigenvalue weighted by molar-refractivity contribution is 0.276. The predicted molar refractivity (Wildman–Crippen MR) is 90.2 cm³/mol. The minimum atomic E-state index is 0.481. The molecule has 0 saturated heterocycles. The molecule has 22 heavy (non-hydrogen) atoms. The number of nitrogens with zero attached hydrogens (tertiary/aromatic N) is 3. The smallest absolute Gasteiger partial charge is 0.103 e. The average Bonchev–Trinajstić information content (AvgIpc) is 3.32. The maximum absolute atomic E-state index is 9.37. The molecule has 1 heterocycles. The Balaban J connectivity index is 1.94. The Labute approximate surface area is 135 Å². The molecule has 2 aromatic rings. The number of likely N-dealkylation sites (N-methyl/N-ethyl adjacent to an activating group) is 1. The largest absolute Gasteiger partial charge is 0.382 e. The van der Waals surface area contributed by atoms with Crippen LogP contribution >= 0.6 is 11.6 Å². The molecule has 1 aromatic heterocycles. The summed E-state index contributed by atoms with van der Waals surface area (Å²) >= 11 is 6.11. The zero-order valence-electron chi connectivity index (χ0n) is 12.8. The van der Waals surface area contributed by atoms with Gasteiger partial charge in [0.25, 0.3) is 0 Å². The third-order valence-electron chi connectivity index (χ3n) is 4.27. The summed E-state index contributed by atoms with van der Waals surface area (Å²) in [6.07, 6.45) is 4.21. The molecule has 1 saturated carbocycles. The van der Waals surface area contributed by atoms with Crippen molar-refractivity contribution in [2.75, 3.05) is 26.0 Å². The summed E-state index contributed by atoms with van der Waals surface area (Å²) in [6, 6.07) is 8.28. The number of hydrogen-bond acceptors (Lipinski definition) is 4. The van der Waals surface area contributed by atoms with Crippen LogP contribution in [0, 0.1) is 17.2 Å². The van der Waals surface area contributed by atoms with E-state index in [1.165, 1.54) is 12.8 Å². The van der Waals surface area contributed by atoms with E-state index >= 15 is 0 Å². The SMILES string of the molecule is CN(C)C(CNc1c(C#N)cnc2ccc(Cl)cc12)C1CC1. The molecule has 3 rings (SSSR count). The zero-order chi connectivity index (χ0) is 15.7. The molecular formula is C17H19ClN4. The molecular weight excluding hydrogens is 296 g/mol.